The first kappa shape index (κ1) is 15.7. The number of carbonyl (C=O) groups excluding carboxylic acids is 1. The van der Waals surface area contributed by atoms with E-state index >= 15 is 0 Å². The van der Waals surface area contributed by atoms with Crippen molar-refractivity contribution in [2.45, 2.75) is 47.1 Å². The molecule has 1 rings (SSSR count). The Hall–Kier alpha value is -1.35. The van der Waals surface area contributed by atoms with Gasteiger partial charge in [0, 0.05) is 18.3 Å². The van der Waals surface area contributed by atoms with Crippen molar-refractivity contribution in [1.82, 2.24) is 0 Å². The Bertz CT molecular complexity index is 464. The number of carbonyl (C=O) groups is 1. The van der Waals surface area contributed by atoms with Crippen molar-refractivity contribution < 1.29 is 4.79 Å². The van der Waals surface area contributed by atoms with Gasteiger partial charge in [0.25, 0.3) is 0 Å². The molecule has 106 valence electrons. The number of hydrogen-bond donors (Lipinski definition) is 1. The van der Waals surface area contributed by atoms with Crippen LogP contribution in [0, 0.1) is 19.3 Å². The van der Waals surface area contributed by atoms with Crippen LogP contribution < -0.4 is 10.6 Å². The van der Waals surface area contributed by atoms with Gasteiger partial charge in [-0.3, -0.25) is 4.79 Å². The van der Waals surface area contributed by atoms with E-state index < -0.39 is 11.0 Å². The Morgan fingerprint density at radius 3 is 1.84 bits per heavy atom. The van der Waals surface area contributed by atoms with E-state index in [-0.39, 0.29) is 5.91 Å². The summed E-state index contributed by atoms with van der Waals surface area (Å²) in [6.07, 6.45) is 0. The largest absolute Gasteiger partial charge is 0.325 e. The maximum Gasteiger partial charge on any atom is 0.234 e. The molecule has 0 unspecified atom stereocenters. The van der Waals surface area contributed by atoms with Crippen LogP contribution in [0.1, 0.15) is 38.8 Å². The SMILES string of the molecule is Cc1cc(C)cc(N(C)C(=O)C(C)(C)C(C)(C)N)c1. The lowest BCUT2D eigenvalue weighted by Gasteiger charge is -2.39. The van der Waals surface area contributed by atoms with Crippen LogP contribution in [0.2, 0.25) is 0 Å². The Morgan fingerprint density at radius 2 is 1.47 bits per heavy atom. The molecule has 0 aliphatic carbocycles. The Balaban J connectivity index is 3.13. The van der Waals surface area contributed by atoms with Crippen molar-refractivity contribution in [3.8, 4) is 0 Å². The van der Waals surface area contributed by atoms with Gasteiger partial charge in [-0.25, -0.2) is 0 Å². The highest BCUT2D eigenvalue weighted by atomic mass is 16.2. The van der Waals surface area contributed by atoms with Gasteiger partial charge in [-0.05, 0) is 64.8 Å². The third-order valence-electron chi connectivity index (χ3n) is 4.04. The average Bonchev–Trinajstić information content (AvgIpc) is 2.24. The number of amides is 1. The zero-order valence-corrected chi connectivity index (χ0v) is 13.2. The summed E-state index contributed by atoms with van der Waals surface area (Å²) in [5.41, 5.74) is 8.17. The van der Waals surface area contributed by atoms with Crippen LogP contribution in [-0.2, 0) is 4.79 Å². The highest BCUT2D eigenvalue weighted by Gasteiger charge is 2.42. The highest BCUT2D eigenvalue weighted by Crippen LogP contribution is 2.32. The molecule has 0 saturated carbocycles. The van der Waals surface area contributed by atoms with Crippen LogP contribution in [0.5, 0.6) is 0 Å². The molecule has 1 aromatic rings. The van der Waals surface area contributed by atoms with Gasteiger partial charge in [0.05, 0.1) is 5.41 Å². The molecule has 3 heteroatoms. The topological polar surface area (TPSA) is 46.3 Å². The molecule has 0 radical (unpaired) electrons. The lowest BCUT2D eigenvalue weighted by Crippen LogP contribution is -2.56. The van der Waals surface area contributed by atoms with Gasteiger partial charge in [-0.2, -0.15) is 0 Å². The Labute approximate surface area is 116 Å². The first-order valence-corrected chi connectivity index (χ1v) is 6.62. The number of nitrogens with zero attached hydrogens (tertiary/aromatic N) is 1. The van der Waals surface area contributed by atoms with E-state index in [4.69, 9.17) is 5.73 Å². The van der Waals surface area contributed by atoms with E-state index in [1.54, 1.807) is 4.90 Å². The summed E-state index contributed by atoms with van der Waals surface area (Å²) in [6, 6.07) is 6.13. The number of benzene rings is 1. The van der Waals surface area contributed by atoms with Crippen LogP contribution in [0.3, 0.4) is 0 Å². The number of aryl methyl sites for hydroxylation is 2. The molecule has 2 N–H and O–H groups in total. The van der Waals surface area contributed by atoms with Crippen LogP contribution in [0.15, 0.2) is 18.2 Å². The minimum Gasteiger partial charge on any atom is -0.325 e. The number of hydrogen-bond acceptors (Lipinski definition) is 2. The van der Waals surface area contributed by atoms with E-state index in [1.807, 2.05) is 60.7 Å². The number of anilines is 1. The minimum atomic E-state index is -0.626. The van der Waals surface area contributed by atoms with E-state index in [0.717, 1.165) is 16.8 Å². The zero-order chi connectivity index (χ0) is 15.0. The van der Waals surface area contributed by atoms with Crippen molar-refractivity contribution in [2.75, 3.05) is 11.9 Å². The van der Waals surface area contributed by atoms with Gasteiger partial charge in [0.15, 0.2) is 0 Å². The molecule has 3 nitrogen and oxygen atoms in total. The predicted molar refractivity (Wildman–Crippen MR) is 81.4 cm³/mol. The summed E-state index contributed by atoms with van der Waals surface area (Å²) < 4.78 is 0. The van der Waals surface area contributed by atoms with Crippen molar-refractivity contribution >= 4 is 11.6 Å². The summed E-state index contributed by atoms with van der Waals surface area (Å²) in [5.74, 6) is 0.0324. The van der Waals surface area contributed by atoms with Crippen LogP contribution >= 0.6 is 0 Å². The second-order valence-electron chi connectivity index (χ2n) is 6.56. The van der Waals surface area contributed by atoms with Crippen LogP contribution in [0.4, 0.5) is 5.69 Å². The molecule has 1 amide bonds. The molecule has 19 heavy (non-hydrogen) atoms. The maximum atomic E-state index is 12.7. The van der Waals surface area contributed by atoms with Gasteiger partial charge in [-0.1, -0.05) is 6.07 Å². The fraction of sp³-hybridized carbons (Fsp3) is 0.562. The molecule has 0 bridgehead atoms. The zero-order valence-electron chi connectivity index (χ0n) is 13.2. The molecule has 0 aliphatic heterocycles. The fourth-order valence-electron chi connectivity index (χ4n) is 1.96. The molecular formula is C16H26N2O. The maximum absolute atomic E-state index is 12.7. The summed E-state index contributed by atoms with van der Waals surface area (Å²) in [7, 11) is 1.81. The fourth-order valence-corrected chi connectivity index (χ4v) is 1.96. The first-order chi connectivity index (χ1) is 8.46. The highest BCUT2D eigenvalue weighted by molar-refractivity contribution is 5.97. The molecule has 0 atom stereocenters. The summed E-state index contributed by atoms with van der Waals surface area (Å²) >= 11 is 0. The smallest absolute Gasteiger partial charge is 0.234 e. The van der Waals surface area contributed by atoms with Crippen LogP contribution in [0.25, 0.3) is 0 Å². The van der Waals surface area contributed by atoms with Crippen molar-refractivity contribution in [2.24, 2.45) is 11.1 Å². The van der Waals surface area contributed by atoms with Gasteiger partial charge < -0.3 is 10.6 Å². The standard InChI is InChI=1S/C16H26N2O/c1-11-8-12(2)10-13(9-11)18(7)14(19)15(3,4)16(5,6)17/h8-10H,17H2,1-7H3. The molecule has 1 aromatic carbocycles. The Kier molecular flexibility index (Phi) is 4.11. The number of rotatable bonds is 3. The molecule has 0 aromatic heterocycles. The van der Waals surface area contributed by atoms with E-state index in [9.17, 15) is 4.79 Å². The van der Waals surface area contributed by atoms with E-state index in [1.165, 1.54) is 0 Å². The first-order valence-electron chi connectivity index (χ1n) is 6.62. The normalized spacial score (nSPS) is 12.4. The van der Waals surface area contributed by atoms with Crippen molar-refractivity contribution in [3.63, 3.8) is 0 Å². The molecule has 0 saturated heterocycles. The lowest BCUT2D eigenvalue weighted by molar-refractivity contribution is -0.129. The number of nitrogens with two attached hydrogens (primary N) is 1. The van der Waals surface area contributed by atoms with E-state index in [2.05, 4.69) is 6.07 Å². The molecule has 0 heterocycles. The molecule has 0 aliphatic rings. The third kappa shape index (κ3) is 3.16. The van der Waals surface area contributed by atoms with Crippen molar-refractivity contribution in [3.05, 3.63) is 29.3 Å². The summed E-state index contributed by atoms with van der Waals surface area (Å²) in [4.78, 5) is 14.4. The van der Waals surface area contributed by atoms with Gasteiger partial charge >= 0.3 is 0 Å². The van der Waals surface area contributed by atoms with Crippen molar-refractivity contribution in [1.29, 1.82) is 0 Å². The van der Waals surface area contributed by atoms with E-state index in [0.29, 0.717) is 0 Å². The second kappa shape index (κ2) is 4.97. The molecule has 0 fully saturated rings. The molecular weight excluding hydrogens is 236 g/mol. The molecule has 0 spiro atoms. The Morgan fingerprint density at radius 1 is 1.05 bits per heavy atom. The summed E-state index contributed by atoms with van der Waals surface area (Å²) in [6.45, 7) is 11.6. The third-order valence-corrected chi connectivity index (χ3v) is 4.04. The van der Waals surface area contributed by atoms with Gasteiger partial charge in [0.2, 0.25) is 5.91 Å². The van der Waals surface area contributed by atoms with Gasteiger partial charge in [0.1, 0.15) is 0 Å². The second-order valence-corrected chi connectivity index (χ2v) is 6.56. The summed E-state index contributed by atoms with van der Waals surface area (Å²) in [5, 5.41) is 0. The quantitative estimate of drug-likeness (QED) is 0.910. The average molecular weight is 262 g/mol. The lowest BCUT2D eigenvalue weighted by atomic mass is 9.74. The monoisotopic (exact) mass is 262 g/mol. The van der Waals surface area contributed by atoms with Gasteiger partial charge in [-0.15, -0.1) is 0 Å². The van der Waals surface area contributed by atoms with Crippen LogP contribution in [-0.4, -0.2) is 18.5 Å². The predicted octanol–water partition coefficient (Wildman–Crippen LogP) is 3.03. The minimum absolute atomic E-state index is 0.0324.